The quantitative estimate of drug-likeness (QED) is 0.887. The SMILES string of the molecule is CC1CNC(C2CC2)CN1c1ccc(Cl)c(F)c1. The van der Waals surface area contributed by atoms with Crippen molar-refractivity contribution in [2.45, 2.75) is 31.8 Å². The third kappa shape index (κ3) is 2.34. The maximum absolute atomic E-state index is 13.6. The van der Waals surface area contributed by atoms with Gasteiger partial charge in [0.1, 0.15) is 5.82 Å². The number of hydrogen-bond acceptors (Lipinski definition) is 2. The minimum Gasteiger partial charge on any atom is -0.366 e. The average Bonchev–Trinajstić information content (AvgIpc) is 3.18. The molecular formula is C14H18ClFN2. The fourth-order valence-electron chi connectivity index (χ4n) is 2.73. The Morgan fingerprint density at radius 3 is 2.83 bits per heavy atom. The van der Waals surface area contributed by atoms with Gasteiger partial charge < -0.3 is 10.2 Å². The van der Waals surface area contributed by atoms with E-state index in [-0.39, 0.29) is 10.8 Å². The lowest BCUT2D eigenvalue weighted by Gasteiger charge is -2.40. The standard InChI is InChI=1S/C14H18ClFN2/c1-9-7-17-14(10-2-3-10)8-18(9)11-4-5-12(15)13(16)6-11/h4-6,9-10,14,17H,2-3,7-8H2,1H3. The summed E-state index contributed by atoms with van der Waals surface area (Å²) in [5.41, 5.74) is 0.941. The number of hydrogen-bond donors (Lipinski definition) is 1. The van der Waals surface area contributed by atoms with E-state index in [1.165, 1.54) is 12.8 Å². The van der Waals surface area contributed by atoms with Gasteiger partial charge >= 0.3 is 0 Å². The predicted molar refractivity (Wildman–Crippen MR) is 72.7 cm³/mol. The molecular weight excluding hydrogens is 251 g/mol. The van der Waals surface area contributed by atoms with Gasteiger partial charge in [-0.2, -0.15) is 0 Å². The summed E-state index contributed by atoms with van der Waals surface area (Å²) in [7, 11) is 0. The Kier molecular flexibility index (Phi) is 3.20. The second-order valence-electron chi connectivity index (χ2n) is 5.45. The Labute approximate surface area is 112 Å². The molecule has 3 rings (SSSR count). The third-order valence-electron chi connectivity index (χ3n) is 4.03. The molecule has 4 heteroatoms. The number of halogens is 2. The number of benzene rings is 1. The average molecular weight is 269 g/mol. The van der Waals surface area contributed by atoms with Gasteiger partial charge in [-0.3, -0.25) is 0 Å². The third-order valence-corrected chi connectivity index (χ3v) is 4.33. The van der Waals surface area contributed by atoms with Crippen LogP contribution < -0.4 is 10.2 Å². The van der Waals surface area contributed by atoms with E-state index in [0.717, 1.165) is 24.7 Å². The monoisotopic (exact) mass is 268 g/mol. The van der Waals surface area contributed by atoms with E-state index in [0.29, 0.717) is 12.1 Å². The van der Waals surface area contributed by atoms with Crippen LogP contribution in [0.25, 0.3) is 0 Å². The van der Waals surface area contributed by atoms with Crippen LogP contribution in [0.1, 0.15) is 19.8 Å². The molecule has 1 saturated carbocycles. The zero-order valence-corrected chi connectivity index (χ0v) is 11.3. The number of rotatable bonds is 2. The van der Waals surface area contributed by atoms with E-state index in [9.17, 15) is 4.39 Å². The van der Waals surface area contributed by atoms with E-state index in [2.05, 4.69) is 17.1 Å². The molecule has 2 unspecified atom stereocenters. The van der Waals surface area contributed by atoms with E-state index in [1.807, 2.05) is 6.07 Å². The van der Waals surface area contributed by atoms with Gasteiger partial charge in [-0.05, 0) is 43.9 Å². The molecule has 0 amide bonds. The van der Waals surface area contributed by atoms with Crippen molar-refractivity contribution in [2.75, 3.05) is 18.0 Å². The molecule has 1 aromatic carbocycles. The Balaban J connectivity index is 1.81. The number of anilines is 1. The first-order valence-corrected chi connectivity index (χ1v) is 6.98. The normalized spacial score (nSPS) is 28.5. The van der Waals surface area contributed by atoms with Crippen molar-refractivity contribution >= 4 is 17.3 Å². The van der Waals surface area contributed by atoms with Crippen LogP contribution in [0.4, 0.5) is 10.1 Å². The molecule has 2 atom stereocenters. The van der Waals surface area contributed by atoms with Crippen molar-refractivity contribution in [1.82, 2.24) is 5.32 Å². The summed E-state index contributed by atoms with van der Waals surface area (Å²) < 4.78 is 13.6. The second-order valence-corrected chi connectivity index (χ2v) is 5.86. The van der Waals surface area contributed by atoms with Gasteiger partial charge in [0.25, 0.3) is 0 Å². The van der Waals surface area contributed by atoms with Crippen molar-refractivity contribution in [3.8, 4) is 0 Å². The number of nitrogens with one attached hydrogen (secondary N) is 1. The molecule has 1 N–H and O–H groups in total. The molecule has 1 aliphatic carbocycles. The highest BCUT2D eigenvalue weighted by Crippen LogP contribution is 2.35. The van der Waals surface area contributed by atoms with E-state index in [1.54, 1.807) is 12.1 Å². The summed E-state index contributed by atoms with van der Waals surface area (Å²) in [6, 6.07) is 6.05. The zero-order valence-electron chi connectivity index (χ0n) is 10.5. The highest BCUT2D eigenvalue weighted by Gasteiger charge is 2.36. The lowest BCUT2D eigenvalue weighted by Crippen LogP contribution is -2.56. The lowest BCUT2D eigenvalue weighted by molar-refractivity contribution is 0.375. The molecule has 2 aliphatic rings. The summed E-state index contributed by atoms with van der Waals surface area (Å²) in [5, 5.41) is 3.79. The van der Waals surface area contributed by atoms with Gasteiger partial charge in [0.2, 0.25) is 0 Å². The van der Waals surface area contributed by atoms with Gasteiger partial charge in [0, 0.05) is 30.9 Å². The smallest absolute Gasteiger partial charge is 0.143 e. The molecule has 1 heterocycles. The second kappa shape index (κ2) is 4.71. The Bertz CT molecular complexity index is 447. The summed E-state index contributed by atoms with van der Waals surface area (Å²) in [4.78, 5) is 2.29. The van der Waals surface area contributed by atoms with Crippen molar-refractivity contribution in [3.05, 3.63) is 29.0 Å². The molecule has 1 saturated heterocycles. The Hall–Kier alpha value is -0.800. The van der Waals surface area contributed by atoms with Crippen molar-refractivity contribution < 1.29 is 4.39 Å². The maximum atomic E-state index is 13.6. The van der Waals surface area contributed by atoms with Crippen LogP contribution in [0.15, 0.2) is 18.2 Å². The van der Waals surface area contributed by atoms with Crippen molar-refractivity contribution in [3.63, 3.8) is 0 Å². The van der Waals surface area contributed by atoms with Crippen LogP contribution in [0.2, 0.25) is 5.02 Å². The largest absolute Gasteiger partial charge is 0.366 e. The summed E-state index contributed by atoms with van der Waals surface area (Å²) in [6.45, 7) is 4.10. The molecule has 2 nitrogen and oxygen atoms in total. The molecule has 1 aromatic rings. The Morgan fingerprint density at radius 2 is 2.17 bits per heavy atom. The molecule has 0 spiro atoms. The molecule has 98 valence electrons. The van der Waals surface area contributed by atoms with Crippen LogP contribution in [-0.4, -0.2) is 25.2 Å². The first-order chi connectivity index (χ1) is 8.65. The summed E-state index contributed by atoms with van der Waals surface area (Å²) in [6.07, 6.45) is 2.66. The highest BCUT2D eigenvalue weighted by molar-refractivity contribution is 6.30. The minimum atomic E-state index is -0.331. The van der Waals surface area contributed by atoms with E-state index >= 15 is 0 Å². The fraction of sp³-hybridized carbons (Fsp3) is 0.571. The van der Waals surface area contributed by atoms with Gasteiger partial charge in [0.15, 0.2) is 0 Å². The summed E-state index contributed by atoms with van der Waals surface area (Å²) >= 11 is 5.74. The van der Waals surface area contributed by atoms with Crippen molar-refractivity contribution in [2.24, 2.45) is 5.92 Å². The van der Waals surface area contributed by atoms with E-state index in [4.69, 9.17) is 11.6 Å². The van der Waals surface area contributed by atoms with Crippen LogP contribution in [-0.2, 0) is 0 Å². The van der Waals surface area contributed by atoms with Crippen LogP contribution >= 0.6 is 11.6 Å². The topological polar surface area (TPSA) is 15.3 Å². The summed E-state index contributed by atoms with van der Waals surface area (Å²) in [5.74, 6) is 0.486. The highest BCUT2D eigenvalue weighted by atomic mass is 35.5. The first kappa shape index (κ1) is 12.2. The predicted octanol–water partition coefficient (Wildman–Crippen LogP) is 3.06. The number of nitrogens with zero attached hydrogens (tertiary/aromatic N) is 1. The lowest BCUT2D eigenvalue weighted by atomic mass is 10.1. The van der Waals surface area contributed by atoms with Gasteiger partial charge in [0.05, 0.1) is 5.02 Å². The maximum Gasteiger partial charge on any atom is 0.143 e. The Morgan fingerprint density at radius 1 is 1.39 bits per heavy atom. The number of piperazine rings is 1. The van der Waals surface area contributed by atoms with Crippen molar-refractivity contribution in [1.29, 1.82) is 0 Å². The van der Waals surface area contributed by atoms with Gasteiger partial charge in [-0.25, -0.2) is 4.39 Å². The molecule has 18 heavy (non-hydrogen) atoms. The van der Waals surface area contributed by atoms with Crippen LogP contribution in [0, 0.1) is 11.7 Å². The fourth-order valence-corrected chi connectivity index (χ4v) is 2.84. The zero-order chi connectivity index (χ0) is 12.7. The van der Waals surface area contributed by atoms with Gasteiger partial charge in [-0.1, -0.05) is 11.6 Å². The van der Waals surface area contributed by atoms with Crippen LogP contribution in [0.3, 0.4) is 0 Å². The first-order valence-electron chi connectivity index (χ1n) is 6.60. The van der Waals surface area contributed by atoms with Crippen LogP contribution in [0.5, 0.6) is 0 Å². The molecule has 0 radical (unpaired) electrons. The molecule has 1 aliphatic heterocycles. The van der Waals surface area contributed by atoms with Gasteiger partial charge in [-0.15, -0.1) is 0 Å². The molecule has 2 fully saturated rings. The van der Waals surface area contributed by atoms with E-state index < -0.39 is 0 Å². The molecule has 0 aromatic heterocycles. The minimum absolute atomic E-state index is 0.195. The molecule has 0 bridgehead atoms.